The molecule has 0 aromatic carbocycles. The second-order valence-corrected chi connectivity index (χ2v) is 9.92. The van der Waals surface area contributed by atoms with E-state index in [9.17, 15) is 31.1 Å². The molecule has 0 spiro atoms. The fourth-order valence-electron chi connectivity index (χ4n) is 5.38. The minimum atomic E-state index is -5.08. The monoisotopic (exact) mass is 573 g/mol. The number of likely N-dealkylation sites (tertiary alicyclic amines) is 3. The number of hydrogen-bond acceptors (Lipinski definition) is 6. The highest BCUT2D eigenvalue weighted by Gasteiger charge is 2.46. The molecule has 3 aliphatic rings. The van der Waals surface area contributed by atoms with Crippen LogP contribution in [-0.4, -0.2) is 106 Å². The molecule has 4 heterocycles. The second-order valence-electron chi connectivity index (χ2n) is 9.92. The molecule has 1 aromatic heterocycles. The third kappa shape index (κ3) is 9.41. The lowest BCUT2D eigenvalue weighted by Gasteiger charge is -2.40. The fraction of sp³-hybridized carbons (Fsp3) is 0.708. The number of furan rings is 1. The highest BCUT2D eigenvalue weighted by molar-refractivity contribution is 5.93. The summed E-state index contributed by atoms with van der Waals surface area (Å²) in [5, 5.41) is 14.2. The molecule has 39 heavy (non-hydrogen) atoms. The van der Waals surface area contributed by atoms with Crippen LogP contribution in [0.15, 0.2) is 23.0 Å². The van der Waals surface area contributed by atoms with E-state index < -0.39 is 24.3 Å². The number of halogens is 6. The number of hydrogen-bond donors (Lipinski definition) is 2. The summed E-state index contributed by atoms with van der Waals surface area (Å²) in [7, 11) is 0. The molecule has 0 unspecified atom stereocenters. The van der Waals surface area contributed by atoms with Gasteiger partial charge in [0.1, 0.15) is 6.26 Å². The van der Waals surface area contributed by atoms with E-state index in [1.54, 1.807) is 18.6 Å². The Labute approximate surface area is 221 Å². The van der Waals surface area contributed by atoms with Gasteiger partial charge in [-0.15, -0.1) is 0 Å². The Morgan fingerprint density at radius 1 is 1.00 bits per heavy atom. The number of carboxylic acid groups (broad SMARTS) is 2. The summed E-state index contributed by atoms with van der Waals surface area (Å²) in [5.41, 5.74) is 0.686. The fourth-order valence-corrected chi connectivity index (χ4v) is 5.38. The average molecular weight is 574 g/mol. The predicted molar refractivity (Wildman–Crippen MR) is 125 cm³/mol. The van der Waals surface area contributed by atoms with Crippen LogP contribution in [-0.2, 0) is 9.59 Å². The molecule has 1 amide bonds. The van der Waals surface area contributed by atoms with Gasteiger partial charge in [-0.3, -0.25) is 9.69 Å². The summed E-state index contributed by atoms with van der Waals surface area (Å²) < 4.78 is 68.6. The van der Waals surface area contributed by atoms with Crippen molar-refractivity contribution in [1.82, 2.24) is 14.7 Å². The van der Waals surface area contributed by atoms with E-state index in [-0.39, 0.29) is 5.91 Å². The van der Waals surface area contributed by atoms with Gasteiger partial charge in [0.05, 0.1) is 11.8 Å². The number of carbonyl (C=O) groups excluding carboxylic acids is 1. The van der Waals surface area contributed by atoms with Crippen LogP contribution in [0.2, 0.25) is 0 Å². The highest BCUT2D eigenvalue weighted by atomic mass is 19.4. The van der Waals surface area contributed by atoms with Gasteiger partial charge in [-0.2, -0.15) is 26.3 Å². The van der Waals surface area contributed by atoms with Crippen LogP contribution in [0.4, 0.5) is 26.3 Å². The first kappa shape index (κ1) is 32.4. The molecular weight excluding hydrogens is 540 g/mol. The molecule has 2 N–H and O–H groups in total. The van der Waals surface area contributed by atoms with E-state index in [0.717, 1.165) is 19.5 Å². The molecule has 222 valence electrons. The molecule has 0 radical (unpaired) electrons. The van der Waals surface area contributed by atoms with Gasteiger partial charge in [0, 0.05) is 37.8 Å². The first-order chi connectivity index (χ1) is 18.0. The van der Waals surface area contributed by atoms with E-state index in [1.165, 1.54) is 38.9 Å². The number of alkyl halides is 6. The van der Waals surface area contributed by atoms with Crippen molar-refractivity contribution in [3.63, 3.8) is 0 Å². The molecular formula is C24H33F6N3O6. The molecule has 15 heteroatoms. The van der Waals surface area contributed by atoms with Gasteiger partial charge < -0.3 is 24.4 Å². The van der Waals surface area contributed by atoms with Crippen molar-refractivity contribution in [2.45, 2.75) is 70.0 Å². The van der Waals surface area contributed by atoms with E-state index >= 15 is 0 Å². The minimum absolute atomic E-state index is 0.131. The summed E-state index contributed by atoms with van der Waals surface area (Å²) in [6.45, 7) is 10.2. The number of aliphatic carboxylic acids is 2. The normalized spacial score (nSPS) is 23.9. The van der Waals surface area contributed by atoms with E-state index in [4.69, 9.17) is 24.2 Å². The Kier molecular flexibility index (Phi) is 11.2. The van der Waals surface area contributed by atoms with Gasteiger partial charge in [0.25, 0.3) is 5.91 Å². The van der Waals surface area contributed by atoms with Gasteiger partial charge in [0.2, 0.25) is 0 Å². The Hall–Kier alpha value is -2.81. The zero-order valence-corrected chi connectivity index (χ0v) is 21.5. The van der Waals surface area contributed by atoms with Crippen LogP contribution in [0.25, 0.3) is 0 Å². The third-order valence-electron chi connectivity index (χ3n) is 6.88. The van der Waals surface area contributed by atoms with Crippen LogP contribution >= 0.6 is 0 Å². The van der Waals surface area contributed by atoms with Crippen LogP contribution in [0.1, 0.15) is 49.9 Å². The van der Waals surface area contributed by atoms with Gasteiger partial charge in [-0.05, 0) is 64.6 Å². The molecule has 0 bridgehead atoms. The minimum Gasteiger partial charge on any atom is -0.475 e. The van der Waals surface area contributed by atoms with Crippen molar-refractivity contribution in [1.29, 1.82) is 0 Å². The van der Waals surface area contributed by atoms with Crippen LogP contribution in [0.5, 0.6) is 0 Å². The van der Waals surface area contributed by atoms with E-state index in [1.807, 2.05) is 4.90 Å². The number of nitrogens with zero attached hydrogens (tertiary/aromatic N) is 3. The number of fused-ring (bicyclic) bond motifs is 1. The van der Waals surface area contributed by atoms with Crippen molar-refractivity contribution < 1.29 is 55.4 Å². The largest absolute Gasteiger partial charge is 0.490 e. The summed E-state index contributed by atoms with van der Waals surface area (Å²) >= 11 is 0. The lowest BCUT2D eigenvalue weighted by molar-refractivity contribution is -0.193. The van der Waals surface area contributed by atoms with E-state index in [0.29, 0.717) is 29.6 Å². The number of amides is 1. The van der Waals surface area contributed by atoms with Crippen LogP contribution in [0.3, 0.4) is 0 Å². The van der Waals surface area contributed by atoms with E-state index in [2.05, 4.69) is 23.6 Å². The Morgan fingerprint density at radius 3 is 1.97 bits per heavy atom. The standard InChI is InChI=1S/C20H31N3O2.2C2HF3O2/c1-15(2)23-18(13-21-7-3-4-8-21)11-17-12-22(9-5-19(17)23)20(24)16-6-10-25-14-16;2*3-2(4,5)1(6)7/h6,10,14-15,17-19H,3-5,7-9,11-13H2,1-2H3;2*(H,6,7)/t17-,18+,19+;;/m1../s1. The molecule has 1 aromatic rings. The van der Waals surface area contributed by atoms with Crippen molar-refractivity contribution in [3.8, 4) is 0 Å². The van der Waals surface area contributed by atoms with Gasteiger partial charge in [-0.1, -0.05) is 0 Å². The van der Waals surface area contributed by atoms with Crippen molar-refractivity contribution in [2.24, 2.45) is 5.92 Å². The SMILES string of the molecule is CC(C)N1[C@H](CN2CCCC2)C[C@@H]2CN(C(=O)c3ccoc3)CC[C@@H]21.O=C(O)C(F)(F)F.O=C(O)C(F)(F)F. The molecule has 9 nitrogen and oxygen atoms in total. The topological polar surface area (TPSA) is 115 Å². The van der Waals surface area contributed by atoms with Crippen LogP contribution in [0, 0.1) is 5.92 Å². The van der Waals surface area contributed by atoms with Crippen molar-refractivity contribution in [2.75, 3.05) is 32.7 Å². The first-order valence-corrected chi connectivity index (χ1v) is 12.4. The van der Waals surface area contributed by atoms with Crippen LogP contribution < -0.4 is 0 Å². The summed E-state index contributed by atoms with van der Waals surface area (Å²) in [6, 6.07) is 3.65. The summed E-state index contributed by atoms with van der Waals surface area (Å²) in [6.07, 6.45) is -1.97. The molecule has 3 saturated heterocycles. The maximum atomic E-state index is 12.7. The highest BCUT2D eigenvalue weighted by Crippen LogP contribution is 2.38. The summed E-state index contributed by atoms with van der Waals surface area (Å²) in [5.74, 6) is -4.77. The third-order valence-corrected chi connectivity index (χ3v) is 6.88. The Balaban J connectivity index is 0.000000317. The first-order valence-electron chi connectivity index (χ1n) is 12.4. The molecule has 4 rings (SSSR count). The maximum Gasteiger partial charge on any atom is 0.490 e. The number of carbonyl (C=O) groups is 3. The van der Waals surface area contributed by atoms with Crippen molar-refractivity contribution in [3.05, 3.63) is 24.2 Å². The predicted octanol–water partition coefficient (Wildman–Crippen LogP) is 3.96. The Bertz CT molecular complexity index is 923. The van der Waals surface area contributed by atoms with Crippen molar-refractivity contribution >= 4 is 17.8 Å². The quantitative estimate of drug-likeness (QED) is 0.521. The Morgan fingerprint density at radius 2 is 1.54 bits per heavy atom. The number of rotatable bonds is 4. The van der Waals surface area contributed by atoms with Gasteiger partial charge in [0.15, 0.2) is 0 Å². The number of piperidine rings is 1. The second kappa shape index (κ2) is 13.5. The smallest absolute Gasteiger partial charge is 0.475 e. The summed E-state index contributed by atoms with van der Waals surface area (Å²) in [4.78, 5) is 37.9. The molecule has 0 aliphatic carbocycles. The average Bonchev–Trinajstić information content (AvgIpc) is 3.59. The molecule has 3 atom stereocenters. The van der Waals surface area contributed by atoms with Gasteiger partial charge >= 0.3 is 24.3 Å². The molecule has 3 fully saturated rings. The lowest BCUT2D eigenvalue weighted by atomic mass is 9.91. The molecule has 3 aliphatic heterocycles. The zero-order chi connectivity index (χ0) is 29.5. The molecule has 0 saturated carbocycles. The lowest BCUT2D eigenvalue weighted by Crippen LogP contribution is -2.51. The van der Waals surface area contributed by atoms with Gasteiger partial charge in [-0.25, -0.2) is 9.59 Å². The zero-order valence-electron chi connectivity index (χ0n) is 21.5. The number of carboxylic acids is 2. The maximum absolute atomic E-state index is 12.7.